The molecule has 4 aliphatic rings. The number of hydrogen-bond donors (Lipinski definition) is 1. The monoisotopic (exact) mass is 541 g/mol. The number of amides is 1. The van der Waals surface area contributed by atoms with E-state index in [9.17, 15) is 19.2 Å². The Kier molecular flexibility index (Phi) is 5.28. The SMILES string of the molecule is CCC(=O)Cn1c(=O)c2c(ncn2[C@@H](C)C(=O)Nc2ccnc(-c3ccc(N4CC5C6C5C64)nc3)n2)n(C)c1=O. The third-order valence-corrected chi connectivity index (χ3v) is 8.50. The van der Waals surface area contributed by atoms with Gasteiger partial charge in [-0.1, -0.05) is 6.92 Å². The molecule has 0 spiro atoms. The Morgan fingerprint density at radius 3 is 2.60 bits per heavy atom. The van der Waals surface area contributed by atoms with Crippen LogP contribution in [0.2, 0.25) is 0 Å². The molecule has 40 heavy (non-hydrogen) atoms. The first-order valence-electron chi connectivity index (χ1n) is 13.3. The van der Waals surface area contributed by atoms with Gasteiger partial charge in [-0.3, -0.25) is 23.5 Å². The number of carbonyl (C=O) groups excluding carboxylic acids is 2. The number of anilines is 2. The van der Waals surface area contributed by atoms with Crippen molar-refractivity contribution in [3.63, 3.8) is 0 Å². The first-order chi connectivity index (χ1) is 19.3. The number of imidazole rings is 1. The smallest absolute Gasteiger partial charge is 0.332 e. The topological polar surface area (TPSA) is 150 Å². The fourth-order valence-electron chi connectivity index (χ4n) is 6.01. The minimum absolute atomic E-state index is 0.0558. The molecule has 0 aromatic carbocycles. The molecule has 4 aromatic heterocycles. The van der Waals surface area contributed by atoms with Crippen LogP contribution in [0, 0.1) is 17.8 Å². The molecule has 6 heterocycles. The zero-order chi connectivity index (χ0) is 27.9. The molecule has 13 nitrogen and oxygen atoms in total. The summed E-state index contributed by atoms with van der Waals surface area (Å²) in [5.74, 6) is 3.65. The van der Waals surface area contributed by atoms with Crippen LogP contribution in [0.5, 0.6) is 0 Å². The highest BCUT2D eigenvalue weighted by Gasteiger charge is 2.80. The number of Topliss-reactive ketones (excluding diaryl/α,β-unsaturated/α-hetero) is 1. The Bertz CT molecular complexity index is 1810. The minimum Gasteiger partial charge on any atom is -0.353 e. The molecule has 0 radical (unpaired) electrons. The van der Waals surface area contributed by atoms with Crippen molar-refractivity contribution in [1.29, 1.82) is 0 Å². The van der Waals surface area contributed by atoms with Crippen LogP contribution in [0.3, 0.4) is 0 Å². The zero-order valence-corrected chi connectivity index (χ0v) is 22.2. The number of nitrogens with zero attached hydrogens (tertiary/aromatic N) is 8. The number of fused-ring (bicyclic) bond motifs is 2. The van der Waals surface area contributed by atoms with E-state index in [1.807, 2.05) is 12.1 Å². The summed E-state index contributed by atoms with van der Waals surface area (Å²) in [6.07, 6.45) is 4.83. The van der Waals surface area contributed by atoms with Gasteiger partial charge in [0.05, 0.1) is 12.9 Å². The van der Waals surface area contributed by atoms with E-state index in [-0.39, 0.29) is 35.7 Å². The summed E-state index contributed by atoms with van der Waals surface area (Å²) in [5, 5.41) is 2.78. The first-order valence-corrected chi connectivity index (χ1v) is 13.3. The Morgan fingerprint density at radius 2 is 1.93 bits per heavy atom. The number of piperidine rings is 1. The van der Waals surface area contributed by atoms with Crippen LogP contribution in [0.4, 0.5) is 11.6 Å². The summed E-state index contributed by atoms with van der Waals surface area (Å²) in [5.41, 5.74) is -0.403. The fraction of sp³-hybridized carbons (Fsp3) is 0.407. The van der Waals surface area contributed by atoms with E-state index in [1.54, 1.807) is 32.3 Å². The summed E-state index contributed by atoms with van der Waals surface area (Å²) in [6, 6.07) is 5.31. The number of aromatic nitrogens is 7. The third kappa shape index (κ3) is 3.60. The molecule has 13 heteroatoms. The van der Waals surface area contributed by atoms with Crippen LogP contribution in [0.15, 0.2) is 46.5 Å². The number of aryl methyl sites for hydroxylation is 1. The maximum Gasteiger partial charge on any atom is 0.332 e. The molecule has 3 atom stereocenters. The second-order valence-electron chi connectivity index (χ2n) is 10.7. The maximum absolute atomic E-state index is 13.2. The van der Waals surface area contributed by atoms with Crippen LogP contribution in [-0.4, -0.2) is 57.9 Å². The minimum atomic E-state index is -0.876. The molecule has 2 aliphatic carbocycles. The molecular weight excluding hydrogens is 514 g/mol. The van der Waals surface area contributed by atoms with Crippen molar-refractivity contribution in [2.24, 2.45) is 24.8 Å². The molecular formula is C27H27N9O4. The summed E-state index contributed by atoms with van der Waals surface area (Å²) < 4.78 is 3.47. The van der Waals surface area contributed by atoms with Crippen LogP contribution in [0.25, 0.3) is 22.6 Å². The lowest BCUT2D eigenvalue weighted by Crippen LogP contribution is -2.41. The molecule has 8 rings (SSSR count). The summed E-state index contributed by atoms with van der Waals surface area (Å²) >= 11 is 0. The number of pyridine rings is 1. The van der Waals surface area contributed by atoms with Crippen molar-refractivity contribution in [2.75, 3.05) is 16.8 Å². The highest BCUT2D eigenvalue weighted by atomic mass is 16.2. The molecule has 4 fully saturated rings. The summed E-state index contributed by atoms with van der Waals surface area (Å²) in [4.78, 5) is 71.2. The van der Waals surface area contributed by atoms with Gasteiger partial charge < -0.3 is 14.8 Å². The lowest BCUT2D eigenvalue weighted by Gasteiger charge is -2.17. The van der Waals surface area contributed by atoms with Crippen molar-refractivity contribution in [3.05, 3.63) is 57.8 Å². The number of hydrogen-bond acceptors (Lipinski definition) is 9. The van der Waals surface area contributed by atoms with Gasteiger partial charge in [-0.25, -0.2) is 24.7 Å². The van der Waals surface area contributed by atoms with Crippen LogP contribution < -0.4 is 21.5 Å². The summed E-state index contributed by atoms with van der Waals surface area (Å²) in [7, 11) is 1.47. The van der Waals surface area contributed by atoms with E-state index >= 15 is 0 Å². The largest absolute Gasteiger partial charge is 0.353 e. The molecule has 2 saturated heterocycles. The average Bonchev–Trinajstić information content (AvgIpc) is 3.65. The van der Waals surface area contributed by atoms with E-state index in [4.69, 9.17) is 0 Å². The first kappa shape index (κ1) is 24.4. The predicted octanol–water partition coefficient (Wildman–Crippen LogP) is 0.992. The molecule has 4 aromatic rings. The standard InChI is InChI=1S/C27H27N9O4/c1-4-15(37)10-35-26(39)22-24(33(3)27(35)40)30-12-36(22)13(2)25(38)32-17-7-8-28-23(31-17)14-5-6-18(29-9-14)34-11-16-19-20(16)21(19)34/h5-9,12-13,16,19-21H,4,10-11H2,1-3H3,(H,28,31,32,38)/t13-,16?,19?,20?,21?/m0/s1. The van der Waals surface area contributed by atoms with Crippen LogP contribution in [-0.2, 0) is 23.2 Å². The normalized spacial score (nSPS) is 22.7. The second kappa shape index (κ2) is 8.66. The Hall–Kier alpha value is -4.68. The number of nitrogens with one attached hydrogen (secondary N) is 1. The van der Waals surface area contributed by atoms with Crippen molar-refractivity contribution in [2.45, 2.75) is 38.9 Å². The molecule has 204 valence electrons. The van der Waals surface area contributed by atoms with Gasteiger partial charge in [0.2, 0.25) is 5.91 Å². The third-order valence-electron chi connectivity index (χ3n) is 8.50. The van der Waals surface area contributed by atoms with E-state index in [2.05, 4.69) is 30.2 Å². The maximum atomic E-state index is 13.2. The fourth-order valence-corrected chi connectivity index (χ4v) is 6.01. The van der Waals surface area contributed by atoms with Crippen LogP contribution >= 0.6 is 0 Å². The quantitative estimate of drug-likeness (QED) is 0.344. The lowest BCUT2D eigenvalue weighted by atomic mass is 10.2. The van der Waals surface area contributed by atoms with E-state index < -0.39 is 23.2 Å². The van der Waals surface area contributed by atoms with Gasteiger partial charge in [-0.05, 0) is 42.9 Å². The van der Waals surface area contributed by atoms with Gasteiger partial charge in [0, 0.05) is 44.0 Å². The molecule has 2 unspecified atom stereocenters. The van der Waals surface area contributed by atoms with Gasteiger partial charge in [0.15, 0.2) is 22.8 Å². The molecule has 2 bridgehead atoms. The molecule has 2 saturated carbocycles. The molecule has 2 aliphatic heterocycles. The van der Waals surface area contributed by atoms with Gasteiger partial charge in [-0.2, -0.15) is 0 Å². The molecule has 1 amide bonds. The average molecular weight is 542 g/mol. The van der Waals surface area contributed by atoms with Crippen molar-refractivity contribution in [1.82, 2.24) is 33.6 Å². The lowest BCUT2D eigenvalue weighted by molar-refractivity contribution is -0.120. The number of carbonyl (C=O) groups is 2. The summed E-state index contributed by atoms with van der Waals surface area (Å²) in [6.45, 7) is 4.02. The highest BCUT2D eigenvalue weighted by molar-refractivity contribution is 5.93. The number of ketones is 1. The number of rotatable bonds is 8. The molecule has 1 N–H and O–H groups in total. The van der Waals surface area contributed by atoms with Gasteiger partial charge in [0.1, 0.15) is 17.7 Å². The Balaban J connectivity index is 1.12. The van der Waals surface area contributed by atoms with E-state index in [0.717, 1.165) is 40.2 Å². The van der Waals surface area contributed by atoms with Gasteiger partial charge in [0.25, 0.3) is 5.56 Å². The van der Waals surface area contributed by atoms with E-state index in [1.165, 1.54) is 22.5 Å². The Morgan fingerprint density at radius 1 is 1.12 bits per heavy atom. The van der Waals surface area contributed by atoms with Crippen molar-refractivity contribution >= 4 is 34.5 Å². The van der Waals surface area contributed by atoms with Crippen molar-refractivity contribution in [3.8, 4) is 11.4 Å². The zero-order valence-electron chi connectivity index (χ0n) is 22.2. The van der Waals surface area contributed by atoms with E-state index in [0.29, 0.717) is 11.9 Å². The van der Waals surface area contributed by atoms with Gasteiger partial charge >= 0.3 is 5.69 Å². The highest BCUT2D eigenvalue weighted by Crippen LogP contribution is 2.75. The van der Waals surface area contributed by atoms with Crippen molar-refractivity contribution < 1.29 is 9.59 Å². The predicted molar refractivity (Wildman–Crippen MR) is 145 cm³/mol. The second-order valence-corrected chi connectivity index (χ2v) is 10.7. The van der Waals surface area contributed by atoms with Crippen LogP contribution in [0.1, 0.15) is 26.3 Å². The van der Waals surface area contributed by atoms with Gasteiger partial charge in [-0.15, -0.1) is 0 Å². The Labute approximate surface area is 227 Å².